The zero-order valence-electron chi connectivity index (χ0n) is 11.2. The van der Waals surface area contributed by atoms with Crippen LogP contribution < -0.4 is 0 Å². The van der Waals surface area contributed by atoms with Gasteiger partial charge in [0.1, 0.15) is 0 Å². The fourth-order valence-electron chi connectivity index (χ4n) is 1.60. The highest BCUT2D eigenvalue weighted by Gasteiger charge is 2.19. The normalized spacial score (nSPS) is 11.9. The summed E-state index contributed by atoms with van der Waals surface area (Å²) in [6, 6.07) is 1.80. The number of likely N-dealkylation sites (N-methyl/N-ethyl adjacent to an activating group) is 2. The van der Waals surface area contributed by atoms with Crippen LogP contribution in [-0.2, 0) is 9.59 Å². The molecule has 18 heavy (non-hydrogen) atoms. The number of carbonyl (C=O) groups excluding carboxylic acids is 1. The molecular weight excluding hydrogens is 234 g/mol. The Hall–Kier alpha value is -1.61. The summed E-state index contributed by atoms with van der Waals surface area (Å²) in [4.78, 5) is 25.8. The Kier molecular flexibility index (Phi) is 7.72. The molecule has 102 valence electrons. The van der Waals surface area contributed by atoms with Crippen molar-refractivity contribution in [1.82, 2.24) is 9.80 Å². The fraction of sp³-hybridized carbons (Fsp3) is 0.750. The Morgan fingerprint density at radius 3 is 2.50 bits per heavy atom. The van der Waals surface area contributed by atoms with Gasteiger partial charge in [-0.25, -0.2) is 0 Å². The second-order valence-corrected chi connectivity index (χ2v) is 4.23. The SMILES string of the molecule is CCN(CC(=O)N(C)CCC#N)C(C)CC(=O)O. The fourth-order valence-corrected chi connectivity index (χ4v) is 1.60. The molecule has 6 nitrogen and oxygen atoms in total. The number of aliphatic carboxylic acids is 1. The molecule has 0 aromatic rings. The Labute approximate surface area is 108 Å². The van der Waals surface area contributed by atoms with Crippen molar-refractivity contribution in [2.75, 3.05) is 26.7 Å². The van der Waals surface area contributed by atoms with Crippen LogP contribution >= 0.6 is 0 Å². The topological polar surface area (TPSA) is 84.6 Å². The molecule has 0 aliphatic carbocycles. The summed E-state index contributed by atoms with van der Waals surface area (Å²) in [5.41, 5.74) is 0. The minimum atomic E-state index is -0.869. The number of carboxylic acids is 1. The number of hydrogen-bond acceptors (Lipinski definition) is 4. The molecule has 6 heteroatoms. The van der Waals surface area contributed by atoms with Crippen molar-refractivity contribution in [2.45, 2.75) is 32.7 Å². The third-order valence-electron chi connectivity index (χ3n) is 2.82. The van der Waals surface area contributed by atoms with E-state index in [9.17, 15) is 9.59 Å². The van der Waals surface area contributed by atoms with Crippen molar-refractivity contribution < 1.29 is 14.7 Å². The van der Waals surface area contributed by atoms with Crippen LogP contribution in [0.25, 0.3) is 0 Å². The minimum Gasteiger partial charge on any atom is -0.481 e. The Morgan fingerprint density at radius 2 is 2.06 bits per heavy atom. The van der Waals surface area contributed by atoms with Crippen molar-refractivity contribution in [3.05, 3.63) is 0 Å². The molecule has 0 saturated heterocycles. The van der Waals surface area contributed by atoms with Gasteiger partial charge < -0.3 is 10.0 Å². The maximum Gasteiger partial charge on any atom is 0.304 e. The first kappa shape index (κ1) is 16.4. The summed E-state index contributed by atoms with van der Waals surface area (Å²) >= 11 is 0. The highest BCUT2D eigenvalue weighted by molar-refractivity contribution is 5.78. The molecule has 1 atom stereocenters. The maximum absolute atomic E-state index is 11.8. The van der Waals surface area contributed by atoms with Gasteiger partial charge in [-0.3, -0.25) is 14.5 Å². The Balaban J connectivity index is 4.31. The Morgan fingerprint density at radius 1 is 1.44 bits per heavy atom. The van der Waals surface area contributed by atoms with Crippen molar-refractivity contribution >= 4 is 11.9 Å². The van der Waals surface area contributed by atoms with E-state index in [1.165, 1.54) is 4.90 Å². The quantitative estimate of drug-likeness (QED) is 0.684. The monoisotopic (exact) mass is 255 g/mol. The average Bonchev–Trinajstić information content (AvgIpc) is 2.31. The van der Waals surface area contributed by atoms with Gasteiger partial charge >= 0.3 is 5.97 Å². The standard InChI is InChI=1S/C12H21N3O3/c1-4-15(10(2)8-12(17)18)9-11(16)14(3)7-5-6-13/h10H,4-5,7-9H2,1-3H3,(H,17,18). The van der Waals surface area contributed by atoms with E-state index in [4.69, 9.17) is 10.4 Å². The predicted octanol–water partition coefficient (Wildman–Crippen LogP) is 0.544. The van der Waals surface area contributed by atoms with Gasteiger partial charge in [0, 0.05) is 19.6 Å². The van der Waals surface area contributed by atoms with Gasteiger partial charge in [-0.2, -0.15) is 5.26 Å². The molecule has 1 N–H and O–H groups in total. The zero-order chi connectivity index (χ0) is 14.1. The highest BCUT2D eigenvalue weighted by Crippen LogP contribution is 2.04. The van der Waals surface area contributed by atoms with Crippen LogP contribution in [0, 0.1) is 11.3 Å². The first-order chi connectivity index (χ1) is 8.42. The van der Waals surface area contributed by atoms with E-state index >= 15 is 0 Å². The van der Waals surface area contributed by atoms with Gasteiger partial charge in [-0.15, -0.1) is 0 Å². The lowest BCUT2D eigenvalue weighted by molar-refractivity contribution is -0.139. The maximum atomic E-state index is 11.8. The number of hydrogen-bond donors (Lipinski definition) is 1. The molecule has 0 aliphatic rings. The molecule has 0 bridgehead atoms. The average molecular weight is 255 g/mol. The smallest absolute Gasteiger partial charge is 0.304 e. The number of nitrogens with zero attached hydrogens (tertiary/aromatic N) is 3. The molecular formula is C12H21N3O3. The largest absolute Gasteiger partial charge is 0.481 e. The molecule has 0 rings (SSSR count). The van der Waals surface area contributed by atoms with E-state index in [1.807, 2.05) is 17.9 Å². The highest BCUT2D eigenvalue weighted by atomic mass is 16.4. The minimum absolute atomic E-state index is 0.0169. The Bertz CT molecular complexity index is 325. The van der Waals surface area contributed by atoms with Gasteiger partial charge in [-0.05, 0) is 13.5 Å². The van der Waals surface area contributed by atoms with Gasteiger partial charge in [0.25, 0.3) is 0 Å². The van der Waals surface area contributed by atoms with Crippen LogP contribution in [0.3, 0.4) is 0 Å². The molecule has 0 heterocycles. The molecule has 1 unspecified atom stereocenters. The summed E-state index contributed by atoms with van der Waals surface area (Å²) in [5, 5.41) is 17.2. The van der Waals surface area contributed by atoms with E-state index < -0.39 is 5.97 Å². The van der Waals surface area contributed by atoms with E-state index in [0.717, 1.165) is 0 Å². The summed E-state index contributed by atoms with van der Waals surface area (Å²) in [6.07, 6.45) is 0.322. The molecule has 0 aromatic heterocycles. The predicted molar refractivity (Wildman–Crippen MR) is 66.8 cm³/mol. The van der Waals surface area contributed by atoms with Crippen molar-refractivity contribution in [2.24, 2.45) is 0 Å². The summed E-state index contributed by atoms with van der Waals surface area (Å²) in [5.74, 6) is -0.962. The number of nitriles is 1. The number of carbonyl (C=O) groups is 2. The molecule has 1 amide bonds. The van der Waals surface area contributed by atoms with E-state index in [2.05, 4.69) is 0 Å². The van der Waals surface area contributed by atoms with Gasteiger partial charge in [0.15, 0.2) is 0 Å². The first-order valence-corrected chi connectivity index (χ1v) is 5.99. The molecule has 0 aromatic carbocycles. The summed E-state index contributed by atoms with van der Waals surface area (Å²) in [7, 11) is 1.65. The molecule has 0 spiro atoms. The molecule has 0 aliphatic heterocycles. The third kappa shape index (κ3) is 6.21. The van der Waals surface area contributed by atoms with Gasteiger partial charge in [0.2, 0.25) is 5.91 Å². The third-order valence-corrected chi connectivity index (χ3v) is 2.82. The van der Waals surface area contributed by atoms with Gasteiger partial charge in [0.05, 0.1) is 25.5 Å². The van der Waals surface area contributed by atoms with Crippen LogP contribution in [-0.4, -0.2) is 59.5 Å². The van der Waals surface area contributed by atoms with Crippen LogP contribution in [0.4, 0.5) is 0 Å². The van der Waals surface area contributed by atoms with Crippen LogP contribution in [0.1, 0.15) is 26.7 Å². The first-order valence-electron chi connectivity index (χ1n) is 5.99. The van der Waals surface area contributed by atoms with Crippen LogP contribution in [0.15, 0.2) is 0 Å². The van der Waals surface area contributed by atoms with E-state index in [-0.39, 0.29) is 24.9 Å². The second-order valence-electron chi connectivity index (χ2n) is 4.23. The van der Waals surface area contributed by atoms with Crippen molar-refractivity contribution in [3.8, 4) is 6.07 Å². The number of carboxylic acid groups (broad SMARTS) is 1. The van der Waals surface area contributed by atoms with Crippen molar-refractivity contribution in [3.63, 3.8) is 0 Å². The number of rotatable bonds is 8. The molecule has 0 fully saturated rings. The zero-order valence-corrected chi connectivity index (χ0v) is 11.2. The lowest BCUT2D eigenvalue weighted by Crippen LogP contribution is -2.43. The lowest BCUT2D eigenvalue weighted by atomic mass is 10.2. The van der Waals surface area contributed by atoms with E-state index in [1.54, 1.807) is 14.0 Å². The van der Waals surface area contributed by atoms with Crippen LogP contribution in [0.5, 0.6) is 0 Å². The number of amides is 1. The lowest BCUT2D eigenvalue weighted by Gasteiger charge is -2.28. The second kappa shape index (κ2) is 8.48. The van der Waals surface area contributed by atoms with Gasteiger partial charge in [-0.1, -0.05) is 6.92 Å². The molecule has 0 saturated carbocycles. The molecule has 0 radical (unpaired) electrons. The summed E-state index contributed by atoms with van der Waals surface area (Å²) in [6.45, 7) is 4.89. The van der Waals surface area contributed by atoms with E-state index in [0.29, 0.717) is 19.5 Å². The summed E-state index contributed by atoms with van der Waals surface area (Å²) < 4.78 is 0. The van der Waals surface area contributed by atoms with Crippen molar-refractivity contribution in [1.29, 1.82) is 5.26 Å². The van der Waals surface area contributed by atoms with Crippen LogP contribution in [0.2, 0.25) is 0 Å².